The minimum Gasteiger partial charge on any atom is -0.392 e. The van der Waals surface area contributed by atoms with E-state index in [9.17, 15) is 0 Å². The van der Waals surface area contributed by atoms with E-state index in [4.69, 9.17) is 19.3 Å². The van der Waals surface area contributed by atoms with Gasteiger partial charge in [0.1, 0.15) is 6.10 Å². The van der Waals surface area contributed by atoms with Crippen LogP contribution in [0, 0.1) is 0 Å². The normalized spacial score (nSPS) is 24.1. The van der Waals surface area contributed by atoms with Crippen LogP contribution in [0.15, 0.2) is 25.3 Å². The SMILES string of the molecule is C1CO1.C=CCO.C=CCOCC1CO1.CC1CO1. The molecule has 5 heteroatoms. The first-order chi connectivity index (χ1) is 9.24. The van der Waals surface area contributed by atoms with E-state index >= 15 is 0 Å². The minimum absolute atomic E-state index is 0.0833. The lowest BCUT2D eigenvalue weighted by Gasteiger charge is -1.92. The third-order valence-corrected chi connectivity index (χ3v) is 1.78. The molecule has 1 N–H and O–H groups in total. The highest BCUT2D eigenvalue weighted by Gasteiger charge is 2.21. The lowest BCUT2D eigenvalue weighted by Crippen LogP contribution is -2.00. The standard InChI is InChI=1S/C6H10O2.2C3H6O.C2H4O/c1-2-3-7-4-6-5-8-6;1-3-2-4-3;1-2-3-4;1-2-3-1/h2,6H,1,3-5H2;3H,2H2,1H3;2,4H,1,3H2;1-2H2. The molecule has 0 amide bonds. The Bertz CT molecular complexity index is 207. The van der Waals surface area contributed by atoms with Crippen LogP contribution >= 0.6 is 0 Å². The summed E-state index contributed by atoms with van der Waals surface area (Å²) in [6.07, 6.45) is 4.14. The molecule has 19 heavy (non-hydrogen) atoms. The first-order valence-electron chi connectivity index (χ1n) is 6.45. The number of aliphatic hydroxyl groups is 1. The van der Waals surface area contributed by atoms with E-state index in [1.807, 2.05) is 0 Å². The molecule has 0 radical (unpaired) electrons. The fraction of sp³-hybridized carbons (Fsp3) is 0.714. The van der Waals surface area contributed by atoms with Gasteiger partial charge in [-0.15, -0.1) is 13.2 Å². The molecule has 112 valence electrons. The second kappa shape index (κ2) is 13.7. The highest BCUT2D eigenvalue weighted by Crippen LogP contribution is 2.07. The molecular formula is C14H26O5. The van der Waals surface area contributed by atoms with Crippen LogP contribution in [0.2, 0.25) is 0 Å². The van der Waals surface area contributed by atoms with E-state index in [1.54, 1.807) is 6.08 Å². The van der Waals surface area contributed by atoms with Crippen LogP contribution in [-0.4, -0.2) is 63.6 Å². The number of epoxide rings is 3. The Morgan fingerprint density at radius 3 is 1.89 bits per heavy atom. The number of hydrogen-bond acceptors (Lipinski definition) is 5. The van der Waals surface area contributed by atoms with Crippen molar-refractivity contribution in [2.45, 2.75) is 19.1 Å². The van der Waals surface area contributed by atoms with E-state index in [0.717, 1.165) is 33.0 Å². The summed E-state index contributed by atoms with van der Waals surface area (Å²) in [5, 5.41) is 7.76. The van der Waals surface area contributed by atoms with Crippen LogP contribution in [0.1, 0.15) is 6.92 Å². The van der Waals surface area contributed by atoms with E-state index in [1.165, 1.54) is 6.08 Å². The van der Waals surface area contributed by atoms with E-state index in [-0.39, 0.29) is 6.61 Å². The van der Waals surface area contributed by atoms with Gasteiger partial charge >= 0.3 is 0 Å². The van der Waals surface area contributed by atoms with Gasteiger partial charge in [0.25, 0.3) is 0 Å². The van der Waals surface area contributed by atoms with Crippen LogP contribution in [0.25, 0.3) is 0 Å². The molecule has 3 saturated heterocycles. The molecule has 2 unspecified atom stereocenters. The predicted molar refractivity (Wildman–Crippen MR) is 74.3 cm³/mol. The predicted octanol–water partition coefficient (Wildman–Crippen LogP) is 1.17. The topological polar surface area (TPSA) is 67.0 Å². The average Bonchev–Trinajstić information content (AvgIpc) is 3.27. The molecule has 0 saturated carbocycles. The quantitative estimate of drug-likeness (QED) is 0.463. The molecule has 2 atom stereocenters. The summed E-state index contributed by atoms with van der Waals surface area (Å²) in [5.41, 5.74) is 0. The van der Waals surface area contributed by atoms with Gasteiger partial charge in [0, 0.05) is 0 Å². The van der Waals surface area contributed by atoms with Crippen LogP contribution < -0.4 is 0 Å². The van der Waals surface area contributed by atoms with Crippen molar-refractivity contribution in [3.05, 3.63) is 25.3 Å². The average molecular weight is 274 g/mol. The summed E-state index contributed by atoms with van der Waals surface area (Å²) < 4.78 is 19.2. The largest absolute Gasteiger partial charge is 0.392 e. The summed E-state index contributed by atoms with van der Waals surface area (Å²) in [5.74, 6) is 0. The zero-order valence-corrected chi connectivity index (χ0v) is 11.8. The summed E-state index contributed by atoms with van der Waals surface area (Å²) >= 11 is 0. The summed E-state index contributed by atoms with van der Waals surface area (Å²) in [6.45, 7) is 14.1. The summed E-state index contributed by atoms with van der Waals surface area (Å²) in [4.78, 5) is 0. The molecule has 0 aromatic rings. The fourth-order valence-electron chi connectivity index (χ4n) is 0.543. The van der Waals surface area contributed by atoms with Crippen LogP contribution in [0.5, 0.6) is 0 Å². The van der Waals surface area contributed by atoms with Crippen LogP contribution in [0.4, 0.5) is 0 Å². The highest BCUT2D eigenvalue weighted by atomic mass is 16.6. The molecular weight excluding hydrogens is 248 g/mol. The van der Waals surface area contributed by atoms with Crippen molar-refractivity contribution >= 4 is 0 Å². The molecule has 3 aliphatic heterocycles. The van der Waals surface area contributed by atoms with Gasteiger partial charge in [-0.3, -0.25) is 0 Å². The second-order valence-corrected chi connectivity index (χ2v) is 4.01. The van der Waals surface area contributed by atoms with Crippen molar-refractivity contribution in [1.82, 2.24) is 0 Å². The zero-order chi connectivity index (χ0) is 14.3. The molecule has 3 fully saturated rings. The Balaban J connectivity index is 0.000000249. The first kappa shape index (κ1) is 18.3. The Hall–Kier alpha value is -0.720. The molecule has 3 heterocycles. The summed E-state index contributed by atoms with van der Waals surface area (Å²) in [6, 6.07) is 0. The van der Waals surface area contributed by atoms with Crippen molar-refractivity contribution in [1.29, 1.82) is 0 Å². The lowest BCUT2D eigenvalue weighted by molar-refractivity contribution is 0.141. The Labute approximate surface area is 115 Å². The highest BCUT2D eigenvalue weighted by molar-refractivity contribution is 4.70. The molecule has 5 nitrogen and oxygen atoms in total. The Kier molecular flexibility index (Phi) is 13.2. The van der Waals surface area contributed by atoms with Crippen molar-refractivity contribution in [2.75, 3.05) is 46.2 Å². The van der Waals surface area contributed by atoms with Gasteiger partial charge in [0.2, 0.25) is 0 Å². The first-order valence-corrected chi connectivity index (χ1v) is 6.45. The third kappa shape index (κ3) is 26.8. The zero-order valence-electron chi connectivity index (χ0n) is 11.8. The van der Waals surface area contributed by atoms with Crippen LogP contribution in [0.3, 0.4) is 0 Å². The molecule has 3 rings (SSSR count). The van der Waals surface area contributed by atoms with Gasteiger partial charge in [-0.2, -0.15) is 0 Å². The van der Waals surface area contributed by atoms with Crippen molar-refractivity contribution < 1.29 is 24.1 Å². The Morgan fingerprint density at radius 2 is 1.68 bits per heavy atom. The van der Waals surface area contributed by atoms with Gasteiger partial charge in [-0.25, -0.2) is 0 Å². The van der Waals surface area contributed by atoms with E-state index < -0.39 is 0 Å². The maximum Gasteiger partial charge on any atom is 0.104 e. The number of hydrogen-bond donors (Lipinski definition) is 1. The Morgan fingerprint density at radius 1 is 1.21 bits per heavy atom. The fourth-order valence-corrected chi connectivity index (χ4v) is 0.543. The van der Waals surface area contributed by atoms with E-state index in [2.05, 4.69) is 24.8 Å². The van der Waals surface area contributed by atoms with Crippen LogP contribution in [-0.2, 0) is 18.9 Å². The maximum atomic E-state index is 7.76. The monoisotopic (exact) mass is 274 g/mol. The minimum atomic E-state index is 0.0833. The third-order valence-electron chi connectivity index (χ3n) is 1.78. The smallest absolute Gasteiger partial charge is 0.104 e. The molecule has 0 spiro atoms. The van der Waals surface area contributed by atoms with E-state index in [0.29, 0.717) is 18.8 Å². The molecule has 0 aromatic carbocycles. The van der Waals surface area contributed by atoms with Crippen molar-refractivity contribution in [3.8, 4) is 0 Å². The number of aliphatic hydroxyl groups excluding tert-OH is 1. The number of ether oxygens (including phenoxy) is 4. The van der Waals surface area contributed by atoms with Gasteiger partial charge in [-0.05, 0) is 6.92 Å². The maximum absolute atomic E-state index is 7.76. The van der Waals surface area contributed by atoms with Crippen molar-refractivity contribution in [3.63, 3.8) is 0 Å². The van der Waals surface area contributed by atoms with Gasteiger partial charge < -0.3 is 24.1 Å². The molecule has 0 aliphatic carbocycles. The summed E-state index contributed by atoms with van der Waals surface area (Å²) in [7, 11) is 0. The number of rotatable bonds is 5. The second-order valence-electron chi connectivity index (χ2n) is 4.01. The molecule has 0 aromatic heterocycles. The van der Waals surface area contributed by atoms with Gasteiger partial charge in [0.05, 0.1) is 52.4 Å². The van der Waals surface area contributed by atoms with Gasteiger partial charge in [-0.1, -0.05) is 12.2 Å². The van der Waals surface area contributed by atoms with Crippen molar-refractivity contribution in [2.24, 2.45) is 0 Å². The van der Waals surface area contributed by atoms with Gasteiger partial charge in [0.15, 0.2) is 0 Å². The molecule has 3 aliphatic rings. The molecule has 0 bridgehead atoms. The lowest BCUT2D eigenvalue weighted by atomic mass is 10.5.